The molecule has 0 amide bonds. The number of rotatable bonds is 7. The van der Waals surface area contributed by atoms with Gasteiger partial charge in [0.15, 0.2) is 0 Å². The summed E-state index contributed by atoms with van der Waals surface area (Å²) < 4.78 is 0. The molecule has 0 atom stereocenters. The third-order valence-corrected chi connectivity index (χ3v) is 22.2. The van der Waals surface area contributed by atoms with E-state index in [1.54, 1.807) is 199 Å². The van der Waals surface area contributed by atoms with E-state index in [9.17, 15) is 0 Å². The predicted molar refractivity (Wildman–Crippen MR) is 216 cm³/mol. The SMILES string of the molecule is C1CCC([PH+](C2CCCCC2)C2CCCCC2)CC1.C1CCC([PH+](C2CCCCC2)C2CCCCC2)CC1.CN(C)[CH-][S-].[Cl][Pd+].[Cl][Pd][ClH+]. The fraction of sp³-hybridized carbons (Fsp3) is 0.974. The summed E-state index contributed by atoms with van der Waals surface area (Å²) in [5.41, 5.74) is 7.36. The molecule has 0 aromatic carbocycles. The van der Waals surface area contributed by atoms with Crippen LogP contribution in [0.2, 0.25) is 0 Å². The molecule has 0 aromatic rings. The van der Waals surface area contributed by atoms with Crippen LogP contribution in [0.1, 0.15) is 193 Å². The van der Waals surface area contributed by atoms with Gasteiger partial charge >= 0.3 is 62.7 Å². The van der Waals surface area contributed by atoms with Gasteiger partial charge < -0.3 is 23.4 Å². The minimum atomic E-state index is -0.0465. The predicted octanol–water partition coefficient (Wildman–Crippen LogP) is 13.7. The van der Waals surface area contributed by atoms with Crippen molar-refractivity contribution in [2.24, 2.45) is 0 Å². The van der Waals surface area contributed by atoms with Gasteiger partial charge in [0.1, 0.15) is 0 Å². The molecule has 0 N–H and O–H groups in total. The number of nitrogens with zero attached hydrogens (tertiary/aromatic N) is 1. The van der Waals surface area contributed by atoms with Crippen LogP contribution in [0.5, 0.6) is 0 Å². The van der Waals surface area contributed by atoms with Crippen LogP contribution in [0, 0.1) is 15.4 Å². The molecular formula is C39H76Cl3NP2Pd2S+2. The van der Waals surface area contributed by atoms with E-state index in [0.29, 0.717) is 0 Å². The van der Waals surface area contributed by atoms with Gasteiger partial charge in [-0.15, -0.1) is 0 Å². The zero-order valence-corrected chi connectivity index (χ0v) is 39.2. The van der Waals surface area contributed by atoms with Crippen molar-refractivity contribution >= 4 is 47.5 Å². The molecule has 1 nitrogen and oxygen atoms in total. The Labute approximate surface area is 339 Å². The van der Waals surface area contributed by atoms with Crippen molar-refractivity contribution in [3.8, 4) is 0 Å². The van der Waals surface area contributed by atoms with Gasteiger partial charge in [0.2, 0.25) is 0 Å². The van der Waals surface area contributed by atoms with E-state index in [-0.39, 0.29) is 31.8 Å². The number of halogens is 3. The van der Waals surface area contributed by atoms with Gasteiger partial charge in [-0.05, 0) is 168 Å². The number of hydrogen-bond acceptors (Lipinski definition) is 2. The van der Waals surface area contributed by atoms with Crippen molar-refractivity contribution in [3.63, 3.8) is 0 Å². The van der Waals surface area contributed by atoms with Crippen LogP contribution in [0.3, 0.4) is 0 Å². The van der Waals surface area contributed by atoms with E-state index in [0.717, 1.165) is 0 Å². The van der Waals surface area contributed by atoms with E-state index in [2.05, 4.69) is 49.9 Å². The van der Waals surface area contributed by atoms with E-state index < -0.39 is 0 Å². The van der Waals surface area contributed by atoms with E-state index in [1.807, 2.05) is 19.0 Å². The molecular weight excluding hydrogens is 896 g/mol. The van der Waals surface area contributed by atoms with E-state index in [1.165, 1.54) is 34.0 Å². The van der Waals surface area contributed by atoms with Crippen molar-refractivity contribution in [3.05, 3.63) is 5.88 Å². The molecule has 0 heterocycles. The third kappa shape index (κ3) is 19.3. The second-order valence-electron chi connectivity index (χ2n) is 16.1. The summed E-state index contributed by atoms with van der Waals surface area (Å²) in [6.45, 7) is 0. The first-order chi connectivity index (χ1) is 23.6. The molecule has 6 fully saturated rings. The zero-order chi connectivity index (χ0) is 34.8. The Kier molecular flexibility index (Phi) is 31.2. The van der Waals surface area contributed by atoms with Crippen molar-refractivity contribution in [1.29, 1.82) is 0 Å². The first-order valence-corrected chi connectivity index (χ1v) is 30.5. The summed E-state index contributed by atoms with van der Waals surface area (Å²) in [4.78, 5) is 1.81. The Morgan fingerprint density at radius 1 is 0.479 bits per heavy atom. The van der Waals surface area contributed by atoms with Crippen molar-refractivity contribution in [2.75, 3.05) is 14.1 Å². The third-order valence-electron chi connectivity index (χ3n) is 12.7. The summed E-state index contributed by atoms with van der Waals surface area (Å²) in [6, 6.07) is 0. The van der Waals surface area contributed by atoms with E-state index >= 15 is 0 Å². The summed E-state index contributed by atoms with van der Waals surface area (Å²) in [5, 5.41) is 0. The molecule has 0 spiro atoms. The van der Waals surface area contributed by atoms with Crippen LogP contribution in [-0.4, -0.2) is 52.9 Å². The van der Waals surface area contributed by atoms with Crippen molar-refractivity contribution in [1.82, 2.24) is 4.90 Å². The Bertz CT molecular complexity index is 570. The summed E-state index contributed by atoms with van der Waals surface area (Å²) in [6.07, 6.45) is 47.6. The fourth-order valence-corrected chi connectivity index (χ4v) is 21.1. The first kappa shape index (κ1) is 47.5. The minimum absolute atomic E-state index is 0.00556. The second kappa shape index (κ2) is 31.6. The Balaban J connectivity index is 0.000000263. The van der Waals surface area contributed by atoms with Crippen LogP contribution in [0.25, 0.3) is 0 Å². The molecule has 6 aliphatic rings. The van der Waals surface area contributed by atoms with Crippen LogP contribution in [-0.2, 0) is 46.7 Å². The van der Waals surface area contributed by atoms with Crippen LogP contribution in [0.15, 0.2) is 0 Å². The maximum absolute atomic E-state index is 4.86. The van der Waals surface area contributed by atoms with Gasteiger partial charge in [-0.1, -0.05) is 38.5 Å². The van der Waals surface area contributed by atoms with Crippen LogP contribution >= 0.6 is 34.9 Å². The normalized spacial score (nSPS) is 24.5. The molecule has 0 aromatic heterocycles. The van der Waals surface area contributed by atoms with Gasteiger partial charge in [0, 0.05) is 15.8 Å². The zero-order valence-electron chi connectivity index (χ0n) is 30.9. The average Bonchev–Trinajstić information content (AvgIpc) is 3.16. The van der Waals surface area contributed by atoms with E-state index in [4.69, 9.17) is 9.53 Å². The van der Waals surface area contributed by atoms with Gasteiger partial charge in [-0.25, -0.2) is 0 Å². The molecule has 0 unspecified atom stereocenters. The molecule has 6 aliphatic carbocycles. The van der Waals surface area contributed by atoms with Crippen LogP contribution in [0.4, 0.5) is 0 Å². The summed E-state index contributed by atoms with van der Waals surface area (Å²) in [7, 11) is 17.3. The van der Waals surface area contributed by atoms with Gasteiger partial charge in [-0.3, -0.25) is 0 Å². The van der Waals surface area contributed by atoms with Gasteiger partial charge in [-0.2, -0.15) is 0 Å². The summed E-state index contributed by atoms with van der Waals surface area (Å²) >= 11 is 6.70. The molecule has 0 saturated heterocycles. The monoisotopic (exact) mass is 969 g/mol. The Morgan fingerprint density at radius 3 is 0.708 bits per heavy atom. The topological polar surface area (TPSA) is 3.24 Å². The summed E-state index contributed by atoms with van der Waals surface area (Å²) in [5.74, 6) is 1.58. The van der Waals surface area contributed by atoms with Crippen molar-refractivity contribution < 1.29 is 43.6 Å². The molecule has 48 heavy (non-hydrogen) atoms. The average molecular weight is 972 g/mol. The standard InChI is InChI=1S/2C18H33P.C3H7NS.3ClH.2Pd/c2*1-4-10-16(11-5-1)19(17-12-6-2-7-13-17)18-14-8-3-9-15-18;1-4(2)3-5;;;;;/h2*16-18H,1-15H2;3H,1-2H3;3*1H;;/q;;-2;;;;2*+2. The molecule has 9 heteroatoms. The molecule has 6 saturated carbocycles. The molecule has 6 rings (SSSR count). The molecule has 0 radical (unpaired) electrons. The molecule has 0 aliphatic heterocycles. The quantitative estimate of drug-likeness (QED) is 0.108. The van der Waals surface area contributed by atoms with Gasteiger partial charge in [0.25, 0.3) is 0 Å². The fourth-order valence-electron chi connectivity index (χ4n) is 10.6. The Morgan fingerprint density at radius 2 is 0.604 bits per heavy atom. The molecule has 292 valence electrons. The van der Waals surface area contributed by atoms with Crippen molar-refractivity contribution in [2.45, 2.75) is 227 Å². The maximum atomic E-state index is 4.86. The Hall–Kier alpha value is 3.36. The van der Waals surface area contributed by atoms with Gasteiger partial charge in [0.05, 0.1) is 34.0 Å². The number of hydrogen-bond donors (Lipinski definition) is 0. The molecule has 0 bridgehead atoms. The van der Waals surface area contributed by atoms with Crippen LogP contribution < -0.4 is 0 Å². The first-order valence-electron chi connectivity index (χ1n) is 20.4. The second-order valence-corrected chi connectivity index (χ2v) is 25.8.